The van der Waals surface area contributed by atoms with Crippen molar-refractivity contribution in [2.24, 2.45) is 0 Å². The Morgan fingerprint density at radius 1 is 1.28 bits per heavy atom. The number of morpholine rings is 1. The van der Waals surface area contributed by atoms with E-state index in [1.54, 1.807) is 19.1 Å². The topological polar surface area (TPSA) is 76.3 Å². The lowest BCUT2D eigenvalue weighted by Gasteiger charge is -2.36. The van der Waals surface area contributed by atoms with E-state index in [9.17, 15) is 9.50 Å². The summed E-state index contributed by atoms with van der Waals surface area (Å²) >= 11 is 0. The Morgan fingerprint density at radius 2 is 2.00 bits per heavy atom. The van der Waals surface area contributed by atoms with E-state index in [0.29, 0.717) is 23.5 Å². The molecule has 0 bridgehead atoms. The van der Waals surface area contributed by atoms with Gasteiger partial charge < -0.3 is 9.84 Å². The molecule has 0 aliphatic carbocycles. The van der Waals surface area contributed by atoms with Crippen LogP contribution in [-0.2, 0) is 11.3 Å². The number of hydrogen-bond donors (Lipinski definition) is 1. The van der Waals surface area contributed by atoms with Gasteiger partial charge >= 0.3 is 0 Å². The minimum Gasteiger partial charge on any atom is -0.390 e. The molecule has 136 valence electrons. The van der Waals surface area contributed by atoms with E-state index < -0.39 is 6.10 Å². The van der Waals surface area contributed by atoms with Crippen LogP contribution in [0, 0.1) is 12.7 Å². The van der Waals surface area contributed by atoms with Gasteiger partial charge in [-0.3, -0.25) is 4.90 Å². The van der Waals surface area contributed by atoms with E-state index in [0.717, 1.165) is 13.1 Å². The summed E-state index contributed by atoms with van der Waals surface area (Å²) in [5.74, 6) is 0.157. The number of aromatic nitrogens is 4. The van der Waals surface area contributed by atoms with E-state index in [1.165, 1.54) is 10.9 Å². The molecule has 2 heterocycles. The van der Waals surface area contributed by atoms with Crippen molar-refractivity contribution >= 4 is 0 Å². The van der Waals surface area contributed by atoms with Gasteiger partial charge in [0.15, 0.2) is 0 Å². The molecule has 1 saturated heterocycles. The van der Waals surface area contributed by atoms with Gasteiger partial charge in [0.2, 0.25) is 5.82 Å². The van der Waals surface area contributed by atoms with Crippen molar-refractivity contribution in [3.63, 3.8) is 0 Å². The SMILES string of the molecule is Cc1cc(-c2nnn(C[C@@H](O)CN3C[C@@H](C)O[C@@H](C)C3)n2)ccc1F. The average Bonchev–Trinajstić information content (AvgIpc) is 2.97. The smallest absolute Gasteiger partial charge is 0.204 e. The first-order valence-corrected chi connectivity index (χ1v) is 8.51. The average molecular weight is 349 g/mol. The predicted octanol–water partition coefficient (Wildman–Crippen LogP) is 1.26. The highest BCUT2D eigenvalue weighted by atomic mass is 19.1. The molecule has 3 atom stereocenters. The number of nitrogens with zero attached hydrogens (tertiary/aromatic N) is 5. The fourth-order valence-corrected chi connectivity index (χ4v) is 3.20. The predicted molar refractivity (Wildman–Crippen MR) is 90.4 cm³/mol. The number of benzene rings is 1. The monoisotopic (exact) mass is 349 g/mol. The number of tetrazole rings is 1. The second kappa shape index (κ2) is 7.55. The Labute approximate surface area is 146 Å². The molecule has 2 aromatic rings. The summed E-state index contributed by atoms with van der Waals surface area (Å²) in [7, 11) is 0. The van der Waals surface area contributed by atoms with Crippen molar-refractivity contribution in [2.75, 3.05) is 19.6 Å². The molecular weight excluding hydrogens is 325 g/mol. The van der Waals surface area contributed by atoms with Crippen LogP contribution in [0.1, 0.15) is 19.4 Å². The zero-order valence-corrected chi connectivity index (χ0v) is 14.8. The van der Waals surface area contributed by atoms with Crippen LogP contribution >= 0.6 is 0 Å². The molecule has 0 radical (unpaired) electrons. The van der Waals surface area contributed by atoms with E-state index >= 15 is 0 Å². The van der Waals surface area contributed by atoms with Gasteiger partial charge in [0.1, 0.15) is 5.82 Å². The van der Waals surface area contributed by atoms with E-state index in [4.69, 9.17) is 4.74 Å². The van der Waals surface area contributed by atoms with E-state index in [2.05, 4.69) is 20.3 Å². The Hall–Kier alpha value is -1.90. The number of aliphatic hydroxyl groups excluding tert-OH is 1. The molecular formula is C17H24FN5O2. The van der Waals surface area contributed by atoms with Gasteiger partial charge in [-0.05, 0) is 49.7 Å². The highest BCUT2D eigenvalue weighted by Gasteiger charge is 2.24. The van der Waals surface area contributed by atoms with Crippen LogP contribution < -0.4 is 0 Å². The lowest BCUT2D eigenvalue weighted by Crippen LogP contribution is -2.48. The molecule has 0 unspecified atom stereocenters. The number of ether oxygens (including phenoxy) is 1. The summed E-state index contributed by atoms with van der Waals surface area (Å²) in [4.78, 5) is 3.57. The molecule has 1 aromatic heterocycles. The standard InChI is InChI=1S/C17H24FN5O2/c1-11-6-14(4-5-16(11)18)17-19-21-23(20-17)10-15(24)9-22-7-12(2)25-13(3)8-22/h4-6,12-13,15,24H,7-10H2,1-3H3/t12-,13+,15-/m0/s1. The molecule has 1 aromatic carbocycles. The molecule has 0 spiro atoms. The number of aliphatic hydroxyl groups is 1. The first kappa shape index (κ1) is 17.9. The van der Waals surface area contributed by atoms with Crippen LogP contribution in [0.3, 0.4) is 0 Å². The summed E-state index contributed by atoms with van der Waals surface area (Å²) in [6.07, 6.45) is -0.281. The molecule has 25 heavy (non-hydrogen) atoms. The maximum atomic E-state index is 13.4. The maximum absolute atomic E-state index is 13.4. The van der Waals surface area contributed by atoms with Crippen LogP contribution in [0.15, 0.2) is 18.2 Å². The highest BCUT2D eigenvalue weighted by Crippen LogP contribution is 2.17. The summed E-state index contributed by atoms with van der Waals surface area (Å²) in [6, 6.07) is 4.70. The first-order chi connectivity index (χ1) is 11.9. The molecule has 7 nitrogen and oxygen atoms in total. The number of aryl methyl sites for hydroxylation is 1. The van der Waals surface area contributed by atoms with Gasteiger partial charge in [-0.1, -0.05) is 0 Å². The molecule has 1 fully saturated rings. The molecule has 0 amide bonds. The van der Waals surface area contributed by atoms with Gasteiger partial charge in [0.25, 0.3) is 0 Å². The van der Waals surface area contributed by atoms with Crippen molar-refractivity contribution in [1.82, 2.24) is 25.1 Å². The van der Waals surface area contributed by atoms with Gasteiger partial charge in [0.05, 0.1) is 24.9 Å². The zero-order valence-electron chi connectivity index (χ0n) is 14.8. The van der Waals surface area contributed by atoms with E-state index in [-0.39, 0.29) is 24.6 Å². The van der Waals surface area contributed by atoms with Gasteiger partial charge in [-0.2, -0.15) is 4.80 Å². The minimum atomic E-state index is -0.602. The molecule has 8 heteroatoms. The normalized spacial score (nSPS) is 22.9. The fraction of sp³-hybridized carbons (Fsp3) is 0.588. The van der Waals surface area contributed by atoms with E-state index in [1.807, 2.05) is 13.8 Å². The Bertz CT molecular complexity index is 713. The lowest BCUT2D eigenvalue weighted by molar-refractivity contribution is -0.0776. The Balaban J connectivity index is 1.60. The van der Waals surface area contributed by atoms with Crippen LogP contribution in [0.5, 0.6) is 0 Å². The second-order valence-corrected chi connectivity index (χ2v) is 6.76. The number of rotatable bonds is 5. The Kier molecular flexibility index (Phi) is 5.41. The quantitative estimate of drug-likeness (QED) is 0.876. The number of hydrogen-bond acceptors (Lipinski definition) is 6. The lowest BCUT2D eigenvalue weighted by atomic mass is 10.1. The van der Waals surface area contributed by atoms with Crippen molar-refractivity contribution in [3.05, 3.63) is 29.6 Å². The van der Waals surface area contributed by atoms with Gasteiger partial charge in [0, 0.05) is 25.2 Å². The molecule has 1 N–H and O–H groups in total. The number of halogens is 1. The van der Waals surface area contributed by atoms with Crippen LogP contribution in [0.25, 0.3) is 11.4 Å². The first-order valence-electron chi connectivity index (χ1n) is 8.51. The van der Waals surface area contributed by atoms with Crippen molar-refractivity contribution in [2.45, 2.75) is 45.6 Å². The third-order valence-electron chi connectivity index (χ3n) is 4.21. The van der Waals surface area contributed by atoms with Crippen molar-refractivity contribution in [1.29, 1.82) is 0 Å². The summed E-state index contributed by atoms with van der Waals surface area (Å²) in [5.41, 5.74) is 1.24. The molecule has 0 saturated carbocycles. The summed E-state index contributed by atoms with van der Waals surface area (Å²) in [6.45, 7) is 8.14. The van der Waals surface area contributed by atoms with Gasteiger partial charge in [-0.15, -0.1) is 10.2 Å². The van der Waals surface area contributed by atoms with Crippen LogP contribution in [-0.4, -0.2) is 68.2 Å². The largest absolute Gasteiger partial charge is 0.390 e. The Morgan fingerprint density at radius 3 is 2.68 bits per heavy atom. The third-order valence-corrected chi connectivity index (χ3v) is 4.21. The maximum Gasteiger partial charge on any atom is 0.204 e. The second-order valence-electron chi connectivity index (χ2n) is 6.76. The molecule has 3 rings (SSSR count). The molecule has 1 aliphatic rings. The third kappa shape index (κ3) is 4.59. The van der Waals surface area contributed by atoms with Crippen molar-refractivity contribution < 1.29 is 14.2 Å². The highest BCUT2D eigenvalue weighted by molar-refractivity contribution is 5.54. The zero-order chi connectivity index (χ0) is 18.0. The molecule has 1 aliphatic heterocycles. The van der Waals surface area contributed by atoms with Crippen molar-refractivity contribution in [3.8, 4) is 11.4 Å². The van der Waals surface area contributed by atoms with Crippen LogP contribution in [0.2, 0.25) is 0 Å². The number of β-amino-alcohol motifs (C(OH)–C–C–N with tert-alkyl or cyclic N) is 1. The summed E-state index contributed by atoms with van der Waals surface area (Å²) in [5, 5.41) is 22.6. The fourth-order valence-electron chi connectivity index (χ4n) is 3.20. The minimum absolute atomic E-state index is 0.161. The van der Waals surface area contributed by atoms with Crippen LogP contribution in [0.4, 0.5) is 4.39 Å². The van der Waals surface area contributed by atoms with Gasteiger partial charge in [-0.25, -0.2) is 4.39 Å². The summed E-state index contributed by atoms with van der Waals surface area (Å²) < 4.78 is 19.1.